The van der Waals surface area contributed by atoms with Crippen LogP contribution in [0.1, 0.15) is 31.8 Å². The number of hydrogen-bond acceptors (Lipinski definition) is 4. The van der Waals surface area contributed by atoms with Crippen LogP contribution in [0.4, 0.5) is 0 Å². The summed E-state index contributed by atoms with van der Waals surface area (Å²) in [4.78, 5) is 24.9. The average molecular weight is 425 g/mol. The molecule has 0 N–H and O–H groups in total. The number of hydrogen-bond donors (Lipinski definition) is 0. The van der Waals surface area contributed by atoms with E-state index in [1.165, 1.54) is 6.07 Å². The summed E-state index contributed by atoms with van der Waals surface area (Å²) in [5.74, 6) is 0.0300. The third kappa shape index (κ3) is 4.04. The van der Waals surface area contributed by atoms with E-state index in [0.29, 0.717) is 38.2 Å². The predicted octanol–water partition coefficient (Wildman–Crippen LogP) is 6.14. The molecule has 0 atom stereocenters. The van der Waals surface area contributed by atoms with Crippen molar-refractivity contribution in [3.05, 3.63) is 98.7 Å². The van der Waals surface area contributed by atoms with Gasteiger partial charge in [0.25, 0.3) is 0 Å². The van der Waals surface area contributed by atoms with E-state index in [1.807, 2.05) is 13.0 Å². The fourth-order valence-electron chi connectivity index (χ4n) is 2.92. The minimum absolute atomic E-state index is 0.153. The average Bonchev–Trinajstić information content (AvgIpc) is 2.99. The number of rotatable bonds is 3. The van der Waals surface area contributed by atoms with Crippen LogP contribution in [0.25, 0.3) is 6.08 Å². The number of aryl methyl sites for hydroxylation is 1. The summed E-state index contributed by atoms with van der Waals surface area (Å²) in [6, 6.07) is 16.8. The molecule has 29 heavy (non-hydrogen) atoms. The quantitative estimate of drug-likeness (QED) is 0.288. The summed E-state index contributed by atoms with van der Waals surface area (Å²) in [6.07, 6.45) is 1.59. The predicted molar refractivity (Wildman–Crippen MR) is 112 cm³/mol. The number of Topliss-reactive ketones (excluding diaryl/α,β-unsaturated/α-hetero) is 1. The van der Waals surface area contributed by atoms with Gasteiger partial charge in [-0.15, -0.1) is 0 Å². The van der Waals surface area contributed by atoms with Crippen LogP contribution in [0.2, 0.25) is 10.0 Å². The Morgan fingerprint density at radius 1 is 1.00 bits per heavy atom. The second kappa shape index (κ2) is 7.74. The molecule has 0 bridgehead atoms. The molecule has 1 aliphatic heterocycles. The molecule has 1 aliphatic rings. The van der Waals surface area contributed by atoms with Crippen LogP contribution in [-0.2, 0) is 0 Å². The number of ether oxygens (including phenoxy) is 2. The maximum absolute atomic E-state index is 12.6. The van der Waals surface area contributed by atoms with Crippen LogP contribution in [0.15, 0.2) is 66.4 Å². The SMILES string of the molecule is Cc1cccc(C(=O)Oc2ccc3c(c2)O/C(=C\c2ccc(Cl)c(Cl)c2)C3=O)c1. The third-order valence-corrected chi connectivity index (χ3v) is 5.09. The number of halogens is 2. The molecule has 4 nitrogen and oxygen atoms in total. The molecule has 0 aliphatic carbocycles. The van der Waals surface area contributed by atoms with E-state index < -0.39 is 5.97 Å². The van der Waals surface area contributed by atoms with Gasteiger partial charge in [0, 0.05) is 6.07 Å². The first-order chi connectivity index (χ1) is 13.9. The molecule has 0 unspecified atom stereocenters. The highest BCUT2D eigenvalue weighted by molar-refractivity contribution is 6.42. The number of esters is 1. The molecule has 6 heteroatoms. The Morgan fingerprint density at radius 3 is 2.59 bits per heavy atom. The summed E-state index contributed by atoms with van der Waals surface area (Å²) in [6.45, 7) is 1.90. The van der Waals surface area contributed by atoms with E-state index in [4.69, 9.17) is 32.7 Å². The van der Waals surface area contributed by atoms with Crippen LogP contribution in [0.3, 0.4) is 0 Å². The molecule has 0 spiro atoms. The lowest BCUT2D eigenvalue weighted by atomic mass is 10.1. The lowest BCUT2D eigenvalue weighted by molar-refractivity contribution is 0.0734. The molecule has 0 amide bonds. The van der Waals surface area contributed by atoms with Gasteiger partial charge in [0.1, 0.15) is 11.5 Å². The fourth-order valence-corrected chi connectivity index (χ4v) is 3.23. The molecule has 144 valence electrons. The zero-order valence-electron chi connectivity index (χ0n) is 15.2. The molecule has 0 fully saturated rings. The van der Waals surface area contributed by atoms with Crippen LogP contribution >= 0.6 is 23.2 Å². The molecule has 3 aromatic carbocycles. The van der Waals surface area contributed by atoms with Gasteiger partial charge >= 0.3 is 5.97 Å². The highest BCUT2D eigenvalue weighted by Gasteiger charge is 2.28. The van der Waals surface area contributed by atoms with Crippen molar-refractivity contribution in [1.29, 1.82) is 0 Å². The zero-order valence-corrected chi connectivity index (χ0v) is 16.8. The Morgan fingerprint density at radius 2 is 1.83 bits per heavy atom. The molecular formula is C23H14Cl2O4. The summed E-state index contributed by atoms with van der Waals surface area (Å²) in [5.41, 5.74) is 2.48. The highest BCUT2D eigenvalue weighted by atomic mass is 35.5. The van der Waals surface area contributed by atoms with Crippen LogP contribution in [0.5, 0.6) is 11.5 Å². The zero-order chi connectivity index (χ0) is 20.5. The Hall–Kier alpha value is -3.08. The summed E-state index contributed by atoms with van der Waals surface area (Å²) < 4.78 is 11.1. The van der Waals surface area contributed by atoms with Crippen molar-refractivity contribution in [1.82, 2.24) is 0 Å². The molecule has 0 radical (unpaired) electrons. The van der Waals surface area contributed by atoms with Crippen molar-refractivity contribution in [2.24, 2.45) is 0 Å². The van der Waals surface area contributed by atoms with E-state index in [0.717, 1.165) is 5.56 Å². The molecule has 0 saturated heterocycles. The van der Waals surface area contributed by atoms with Gasteiger partial charge in [-0.2, -0.15) is 0 Å². The summed E-state index contributed by atoms with van der Waals surface area (Å²) in [5, 5.41) is 0.810. The molecule has 4 rings (SSSR count). The molecular weight excluding hydrogens is 411 g/mol. The van der Waals surface area contributed by atoms with Gasteiger partial charge < -0.3 is 9.47 Å². The van der Waals surface area contributed by atoms with Crippen molar-refractivity contribution in [3.8, 4) is 11.5 Å². The topological polar surface area (TPSA) is 52.6 Å². The Bertz CT molecular complexity index is 1180. The van der Waals surface area contributed by atoms with E-state index >= 15 is 0 Å². The Kier molecular flexibility index (Phi) is 5.14. The van der Waals surface area contributed by atoms with Crippen molar-refractivity contribution in [2.75, 3.05) is 0 Å². The first kappa shape index (κ1) is 19.2. The molecule has 0 aromatic heterocycles. The van der Waals surface area contributed by atoms with Gasteiger partial charge in [-0.1, -0.05) is 47.0 Å². The first-order valence-electron chi connectivity index (χ1n) is 8.73. The summed E-state index contributed by atoms with van der Waals surface area (Å²) >= 11 is 11.9. The smallest absolute Gasteiger partial charge is 0.343 e. The largest absolute Gasteiger partial charge is 0.452 e. The fraction of sp³-hybridized carbons (Fsp3) is 0.0435. The second-order valence-electron chi connectivity index (χ2n) is 6.53. The highest BCUT2D eigenvalue weighted by Crippen LogP contribution is 2.35. The van der Waals surface area contributed by atoms with Gasteiger partial charge in [-0.3, -0.25) is 4.79 Å². The molecule has 0 saturated carbocycles. The van der Waals surface area contributed by atoms with Crippen LogP contribution in [-0.4, -0.2) is 11.8 Å². The van der Waals surface area contributed by atoms with Gasteiger partial charge in [0.2, 0.25) is 5.78 Å². The summed E-state index contributed by atoms with van der Waals surface area (Å²) in [7, 11) is 0. The number of ketones is 1. The maximum Gasteiger partial charge on any atom is 0.343 e. The van der Waals surface area contributed by atoms with Crippen molar-refractivity contribution in [3.63, 3.8) is 0 Å². The van der Waals surface area contributed by atoms with E-state index in [9.17, 15) is 9.59 Å². The van der Waals surface area contributed by atoms with Crippen molar-refractivity contribution in [2.45, 2.75) is 6.92 Å². The van der Waals surface area contributed by atoms with Gasteiger partial charge in [-0.25, -0.2) is 4.79 Å². The standard InChI is InChI=1S/C23H14Cl2O4/c1-13-3-2-4-15(9-13)23(27)28-16-6-7-17-20(12-16)29-21(22(17)26)11-14-5-8-18(24)19(25)10-14/h2-12H,1H3/b21-11-. The van der Waals surface area contributed by atoms with Crippen LogP contribution < -0.4 is 9.47 Å². The lowest BCUT2D eigenvalue weighted by Crippen LogP contribution is -2.08. The monoisotopic (exact) mass is 424 g/mol. The minimum atomic E-state index is -0.482. The van der Waals surface area contributed by atoms with Crippen molar-refractivity contribution >= 4 is 41.0 Å². The van der Waals surface area contributed by atoms with Crippen LogP contribution in [0, 0.1) is 6.92 Å². The normalized spacial score (nSPS) is 13.9. The molecule has 1 heterocycles. The van der Waals surface area contributed by atoms with E-state index in [-0.39, 0.29) is 11.5 Å². The number of fused-ring (bicyclic) bond motifs is 1. The number of carbonyl (C=O) groups is 2. The third-order valence-electron chi connectivity index (χ3n) is 4.35. The van der Waals surface area contributed by atoms with E-state index in [1.54, 1.807) is 54.6 Å². The Labute approximate surface area is 177 Å². The first-order valence-corrected chi connectivity index (χ1v) is 9.48. The van der Waals surface area contributed by atoms with Gasteiger partial charge in [-0.05, 0) is 55.0 Å². The second-order valence-corrected chi connectivity index (χ2v) is 7.34. The minimum Gasteiger partial charge on any atom is -0.452 e. The Balaban J connectivity index is 1.56. The number of benzene rings is 3. The van der Waals surface area contributed by atoms with Gasteiger partial charge in [0.05, 0.1) is 21.2 Å². The van der Waals surface area contributed by atoms with E-state index in [2.05, 4.69) is 0 Å². The number of carbonyl (C=O) groups excluding carboxylic acids is 2. The lowest BCUT2D eigenvalue weighted by Gasteiger charge is -2.06. The van der Waals surface area contributed by atoms with Gasteiger partial charge in [0.15, 0.2) is 5.76 Å². The number of allylic oxidation sites excluding steroid dienone is 1. The maximum atomic E-state index is 12.6. The van der Waals surface area contributed by atoms with Crippen molar-refractivity contribution < 1.29 is 19.1 Å². The molecule has 3 aromatic rings.